The molecule has 1 aliphatic carbocycles. The molecule has 0 saturated heterocycles. The molecule has 0 atom stereocenters. The third kappa shape index (κ3) is 2.81. The van der Waals surface area contributed by atoms with Crippen molar-refractivity contribution in [1.82, 2.24) is 9.78 Å². The Morgan fingerprint density at radius 1 is 1.24 bits per heavy atom. The highest BCUT2D eigenvalue weighted by atomic mass is 16.5. The number of nitrogens with zero attached hydrogens (tertiary/aromatic N) is 3. The van der Waals surface area contributed by atoms with Crippen LogP contribution in [0.4, 0.5) is 5.69 Å². The number of fused-ring (bicyclic) bond motifs is 1. The van der Waals surface area contributed by atoms with Crippen LogP contribution in [-0.2, 0) is 6.42 Å². The van der Waals surface area contributed by atoms with Crippen molar-refractivity contribution in [1.29, 1.82) is 0 Å². The molecule has 0 N–H and O–H groups in total. The maximum Gasteiger partial charge on any atom is 0.261 e. The zero-order chi connectivity index (χ0) is 17.4. The van der Waals surface area contributed by atoms with Crippen LogP contribution in [0.25, 0.3) is 0 Å². The first-order valence-corrected chi connectivity index (χ1v) is 9.22. The maximum absolute atomic E-state index is 13.1. The minimum absolute atomic E-state index is 0.0588. The molecule has 132 valence electrons. The highest BCUT2D eigenvalue weighted by Gasteiger charge is 2.29. The number of benzene rings is 1. The fraction of sp³-hybridized carbons (Fsp3) is 0.500. The lowest BCUT2D eigenvalue weighted by molar-refractivity contribution is 0.0988. The number of hydrogen-bond donors (Lipinski definition) is 0. The summed E-state index contributed by atoms with van der Waals surface area (Å²) in [7, 11) is 1.67. The number of aromatic nitrogens is 2. The van der Waals surface area contributed by atoms with Gasteiger partial charge in [-0.05, 0) is 49.9 Å². The zero-order valence-electron chi connectivity index (χ0n) is 15.0. The first-order chi connectivity index (χ1) is 12.2. The van der Waals surface area contributed by atoms with Crippen LogP contribution in [0.1, 0.15) is 59.8 Å². The second-order valence-electron chi connectivity index (χ2n) is 7.08. The molecule has 1 aromatic heterocycles. The van der Waals surface area contributed by atoms with Crippen LogP contribution in [0.3, 0.4) is 0 Å². The average Bonchev–Trinajstić information content (AvgIpc) is 3.25. The summed E-state index contributed by atoms with van der Waals surface area (Å²) >= 11 is 0. The number of anilines is 1. The Hall–Kier alpha value is -2.30. The third-order valence-corrected chi connectivity index (χ3v) is 5.62. The fourth-order valence-corrected chi connectivity index (χ4v) is 4.19. The van der Waals surface area contributed by atoms with E-state index in [9.17, 15) is 4.79 Å². The van der Waals surface area contributed by atoms with Gasteiger partial charge in [-0.25, -0.2) is 0 Å². The van der Waals surface area contributed by atoms with E-state index in [1.165, 1.54) is 37.7 Å². The number of methoxy groups -OCH3 is 1. The summed E-state index contributed by atoms with van der Waals surface area (Å²) in [5.41, 5.74) is 3.90. The Kier molecular flexibility index (Phi) is 4.24. The van der Waals surface area contributed by atoms with Crippen LogP contribution in [0.15, 0.2) is 24.4 Å². The van der Waals surface area contributed by atoms with Gasteiger partial charge >= 0.3 is 0 Å². The number of ether oxygens (including phenoxy) is 1. The van der Waals surface area contributed by atoms with Crippen molar-refractivity contribution in [3.8, 4) is 5.75 Å². The SMILES string of the molecule is COc1ccc2c(c1)CCN2C(=O)c1cnn(C2CCCCC2)c1C. The first-order valence-electron chi connectivity index (χ1n) is 9.22. The molecule has 2 heterocycles. The van der Waals surface area contributed by atoms with Gasteiger partial charge in [0.25, 0.3) is 5.91 Å². The second kappa shape index (κ2) is 6.54. The van der Waals surface area contributed by atoms with E-state index in [1.54, 1.807) is 13.3 Å². The molecule has 5 heteroatoms. The highest BCUT2D eigenvalue weighted by Crippen LogP contribution is 2.34. The van der Waals surface area contributed by atoms with Gasteiger partial charge in [-0.2, -0.15) is 5.10 Å². The average molecular weight is 339 g/mol. The highest BCUT2D eigenvalue weighted by molar-refractivity contribution is 6.07. The predicted molar refractivity (Wildman–Crippen MR) is 97.5 cm³/mol. The van der Waals surface area contributed by atoms with E-state index >= 15 is 0 Å². The van der Waals surface area contributed by atoms with Crippen LogP contribution in [0.5, 0.6) is 5.75 Å². The first kappa shape index (κ1) is 16.2. The number of carbonyl (C=O) groups is 1. The Morgan fingerprint density at radius 3 is 2.80 bits per heavy atom. The third-order valence-electron chi connectivity index (χ3n) is 5.62. The van der Waals surface area contributed by atoms with Crippen molar-refractivity contribution in [2.45, 2.75) is 51.5 Å². The molecule has 1 fully saturated rings. The van der Waals surface area contributed by atoms with Gasteiger partial charge in [-0.15, -0.1) is 0 Å². The summed E-state index contributed by atoms with van der Waals surface area (Å²) in [5, 5.41) is 4.56. The van der Waals surface area contributed by atoms with Crippen LogP contribution in [0, 0.1) is 6.92 Å². The number of carbonyl (C=O) groups excluding carboxylic acids is 1. The fourth-order valence-electron chi connectivity index (χ4n) is 4.19. The molecule has 0 radical (unpaired) electrons. The normalized spacial score (nSPS) is 17.6. The van der Waals surface area contributed by atoms with E-state index in [0.29, 0.717) is 6.04 Å². The lowest BCUT2D eigenvalue weighted by Crippen LogP contribution is -2.29. The predicted octanol–water partition coefficient (Wildman–Crippen LogP) is 3.91. The molecule has 2 aromatic rings. The summed E-state index contributed by atoms with van der Waals surface area (Å²) in [6.45, 7) is 2.75. The second-order valence-corrected chi connectivity index (χ2v) is 7.08. The molecule has 0 spiro atoms. The maximum atomic E-state index is 13.1. The van der Waals surface area contributed by atoms with E-state index < -0.39 is 0 Å². The molecule has 1 aliphatic heterocycles. The molecular weight excluding hydrogens is 314 g/mol. The van der Waals surface area contributed by atoms with E-state index in [0.717, 1.165) is 35.7 Å². The summed E-state index contributed by atoms with van der Waals surface area (Å²) < 4.78 is 7.37. The molecule has 1 amide bonds. The van der Waals surface area contributed by atoms with Crippen molar-refractivity contribution < 1.29 is 9.53 Å². The molecule has 0 bridgehead atoms. The molecule has 4 rings (SSSR count). The molecule has 2 aliphatic rings. The van der Waals surface area contributed by atoms with Crippen LogP contribution >= 0.6 is 0 Å². The van der Waals surface area contributed by atoms with E-state index in [2.05, 4.69) is 9.78 Å². The molecule has 1 aromatic carbocycles. The molecular formula is C20H25N3O2. The smallest absolute Gasteiger partial charge is 0.261 e. The van der Waals surface area contributed by atoms with Crippen LogP contribution in [0.2, 0.25) is 0 Å². The quantitative estimate of drug-likeness (QED) is 0.852. The summed E-state index contributed by atoms with van der Waals surface area (Å²) in [4.78, 5) is 15.0. The van der Waals surface area contributed by atoms with Crippen molar-refractivity contribution >= 4 is 11.6 Å². The van der Waals surface area contributed by atoms with Crippen molar-refractivity contribution in [2.75, 3.05) is 18.6 Å². The summed E-state index contributed by atoms with van der Waals surface area (Å²) in [6.07, 6.45) is 8.80. The Balaban J connectivity index is 1.60. The van der Waals surface area contributed by atoms with Gasteiger partial charge in [-0.3, -0.25) is 9.48 Å². The number of rotatable bonds is 3. The monoisotopic (exact) mass is 339 g/mol. The van der Waals surface area contributed by atoms with Gasteiger partial charge in [0, 0.05) is 17.9 Å². The Morgan fingerprint density at radius 2 is 2.04 bits per heavy atom. The number of amides is 1. The van der Waals surface area contributed by atoms with Gasteiger partial charge < -0.3 is 9.64 Å². The van der Waals surface area contributed by atoms with Gasteiger partial charge in [-0.1, -0.05) is 19.3 Å². The van der Waals surface area contributed by atoms with Crippen LogP contribution in [-0.4, -0.2) is 29.3 Å². The van der Waals surface area contributed by atoms with Gasteiger partial charge in [0.2, 0.25) is 0 Å². The topological polar surface area (TPSA) is 47.4 Å². The van der Waals surface area contributed by atoms with Crippen molar-refractivity contribution in [3.63, 3.8) is 0 Å². The lowest BCUT2D eigenvalue weighted by Gasteiger charge is -2.23. The molecule has 0 unspecified atom stereocenters. The Bertz CT molecular complexity index is 790. The summed E-state index contributed by atoms with van der Waals surface area (Å²) in [5.74, 6) is 0.901. The van der Waals surface area contributed by atoms with E-state index in [4.69, 9.17) is 4.74 Å². The Labute approximate surface area is 148 Å². The lowest BCUT2D eigenvalue weighted by atomic mass is 9.95. The van der Waals surface area contributed by atoms with Gasteiger partial charge in [0.05, 0.1) is 24.9 Å². The van der Waals surface area contributed by atoms with E-state index in [-0.39, 0.29) is 5.91 Å². The standard InChI is InChI=1S/C20H25N3O2/c1-14-18(13-21-23(14)16-6-4-3-5-7-16)20(24)22-11-10-15-12-17(25-2)8-9-19(15)22/h8-9,12-13,16H,3-7,10-11H2,1-2H3. The van der Waals surface area contributed by atoms with Crippen molar-refractivity contribution in [2.24, 2.45) is 0 Å². The molecule has 25 heavy (non-hydrogen) atoms. The summed E-state index contributed by atoms with van der Waals surface area (Å²) in [6, 6.07) is 6.38. The largest absolute Gasteiger partial charge is 0.497 e. The number of hydrogen-bond acceptors (Lipinski definition) is 3. The van der Waals surface area contributed by atoms with Crippen molar-refractivity contribution in [3.05, 3.63) is 41.2 Å². The zero-order valence-corrected chi connectivity index (χ0v) is 15.0. The van der Waals surface area contributed by atoms with Crippen LogP contribution < -0.4 is 9.64 Å². The van der Waals surface area contributed by atoms with Gasteiger partial charge in [0.15, 0.2) is 0 Å². The molecule has 5 nitrogen and oxygen atoms in total. The van der Waals surface area contributed by atoms with Gasteiger partial charge in [0.1, 0.15) is 5.75 Å². The molecule has 1 saturated carbocycles. The minimum Gasteiger partial charge on any atom is -0.497 e. The van der Waals surface area contributed by atoms with E-state index in [1.807, 2.05) is 30.0 Å². The minimum atomic E-state index is 0.0588.